The fourth-order valence-electron chi connectivity index (χ4n) is 2.03. The van der Waals surface area contributed by atoms with Crippen molar-refractivity contribution in [1.29, 1.82) is 0 Å². The highest BCUT2D eigenvalue weighted by atomic mass is 127. The van der Waals surface area contributed by atoms with Crippen LogP contribution in [0.4, 0.5) is 0 Å². The van der Waals surface area contributed by atoms with Crippen LogP contribution in [0.15, 0.2) is 30.3 Å². The molecular weight excluding hydrogens is 339 g/mol. The summed E-state index contributed by atoms with van der Waals surface area (Å²) in [5.74, 6) is 0. The molecule has 90 valence electrons. The molecule has 17 heavy (non-hydrogen) atoms. The molecule has 2 aromatic rings. The van der Waals surface area contributed by atoms with Crippen molar-refractivity contribution < 1.29 is 0 Å². The van der Waals surface area contributed by atoms with E-state index in [1.54, 1.807) is 5.56 Å². The third-order valence-corrected chi connectivity index (χ3v) is 5.55. The highest BCUT2D eigenvalue weighted by Crippen LogP contribution is 2.29. The van der Waals surface area contributed by atoms with Crippen LogP contribution in [0.25, 0.3) is 0 Å². The minimum Gasteiger partial charge on any atom is -0.134 e. The van der Waals surface area contributed by atoms with E-state index in [1.807, 2.05) is 11.3 Å². The summed E-state index contributed by atoms with van der Waals surface area (Å²) in [4.78, 5) is 1.48. The number of hydrogen-bond acceptors (Lipinski definition) is 1. The maximum absolute atomic E-state index is 2.48. The van der Waals surface area contributed by atoms with Crippen molar-refractivity contribution in [2.45, 2.75) is 33.1 Å². The van der Waals surface area contributed by atoms with E-state index in [-0.39, 0.29) is 0 Å². The van der Waals surface area contributed by atoms with Crippen molar-refractivity contribution in [3.05, 3.63) is 54.8 Å². The van der Waals surface area contributed by atoms with Crippen LogP contribution in [-0.2, 0) is 12.8 Å². The predicted molar refractivity (Wildman–Crippen MR) is 85.0 cm³/mol. The number of benzene rings is 1. The van der Waals surface area contributed by atoms with E-state index in [4.69, 9.17) is 0 Å². The molecule has 0 saturated carbocycles. The van der Waals surface area contributed by atoms with Gasteiger partial charge in [-0.1, -0.05) is 30.3 Å². The zero-order valence-electron chi connectivity index (χ0n) is 10.3. The zero-order chi connectivity index (χ0) is 12.3. The van der Waals surface area contributed by atoms with Gasteiger partial charge in [-0.05, 0) is 72.4 Å². The van der Waals surface area contributed by atoms with Gasteiger partial charge in [0, 0.05) is 4.88 Å². The lowest BCUT2D eigenvalue weighted by Crippen LogP contribution is -1.92. The molecule has 0 unspecified atom stereocenters. The summed E-state index contributed by atoms with van der Waals surface area (Å²) in [5.41, 5.74) is 4.53. The molecule has 2 heteroatoms. The van der Waals surface area contributed by atoms with Gasteiger partial charge in [0.25, 0.3) is 0 Å². The average Bonchev–Trinajstić information content (AvgIpc) is 2.57. The highest BCUT2D eigenvalue weighted by Gasteiger charge is 2.09. The summed E-state index contributed by atoms with van der Waals surface area (Å²) < 4.78 is 1.48. The third-order valence-electron chi connectivity index (χ3n) is 3.20. The first-order valence-electron chi connectivity index (χ1n) is 5.97. The Balaban J connectivity index is 1.95. The Labute approximate surface area is 121 Å². The summed E-state index contributed by atoms with van der Waals surface area (Å²) >= 11 is 4.41. The highest BCUT2D eigenvalue weighted by molar-refractivity contribution is 14.1. The van der Waals surface area contributed by atoms with Crippen LogP contribution in [0, 0.1) is 16.7 Å². The van der Waals surface area contributed by atoms with Gasteiger partial charge in [-0.15, -0.1) is 11.3 Å². The standard InChI is InChI=1S/C15H17IS/c1-11-12(2)17-15(16)14(11)10-6-9-13-7-4-3-5-8-13/h3-5,7-8H,6,9-10H2,1-2H3. The summed E-state index contributed by atoms with van der Waals surface area (Å²) in [7, 11) is 0. The van der Waals surface area contributed by atoms with Gasteiger partial charge in [0.15, 0.2) is 0 Å². The smallest absolute Gasteiger partial charge is 0.0690 e. The molecule has 0 fully saturated rings. The normalized spacial score (nSPS) is 10.8. The van der Waals surface area contributed by atoms with Crippen LogP contribution >= 0.6 is 33.9 Å². The Kier molecular flexibility index (Phi) is 4.62. The van der Waals surface area contributed by atoms with Gasteiger partial charge in [0.2, 0.25) is 0 Å². The van der Waals surface area contributed by atoms with E-state index < -0.39 is 0 Å². The Morgan fingerprint density at radius 2 is 1.76 bits per heavy atom. The second-order valence-corrected chi connectivity index (χ2v) is 7.41. The minimum absolute atomic E-state index is 1.19. The predicted octanol–water partition coefficient (Wildman–Crippen LogP) is 5.14. The Bertz CT molecular complexity index is 485. The first kappa shape index (κ1) is 13.1. The summed E-state index contributed by atoms with van der Waals surface area (Å²) in [6.45, 7) is 4.48. The fourth-order valence-corrected chi connectivity index (χ4v) is 4.62. The topological polar surface area (TPSA) is 0 Å². The van der Waals surface area contributed by atoms with E-state index in [1.165, 1.54) is 38.2 Å². The average molecular weight is 356 g/mol. The molecule has 0 nitrogen and oxygen atoms in total. The molecule has 0 aliphatic heterocycles. The molecule has 0 atom stereocenters. The maximum Gasteiger partial charge on any atom is 0.0690 e. The van der Waals surface area contributed by atoms with Crippen LogP contribution in [0.2, 0.25) is 0 Å². The lowest BCUT2D eigenvalue weighted by atomic mass is 10.0. The quantitative estimate of drug-likeness (QED) is 0.665. The van der Waals surface area contributed by atoms with Gasteiger partial charge < -0.3 is 0 Å². The Morgan fingerprint density at radius 3 is 2.35 bits per heavy atom. The SMILES string of the molecule is Cc1sc(I)c(CCCc2ccccc2)c1C. The van der Waals surface area contributed by atoms with Gasteiger partial charge in [-0.3, -0.25) is 0 Å². The number of thiophene rings is 1. The van der Waals surface area contributed by atoms with Crippen LogP contribution in [0.1, 0.15) is 28.0 Å². The molecule has 1 aromatic carbocycles. The maximum atomic E-state index is 2.48. The summed E-state index contributed by atoms with van der Waals surface area (Å²) in [6.07, 6.45) is 3.64. The second-order valence-electron chi connectivity index (χ2n) is 4.37. The van der Waals surface area contributed by atoms with E-state index in [0.717, 1.165) is 0 Å². The summed E-state index contributed by atoms with van der Waals surface area (Å²) in [5, 5.41) is 0. The third kappa shape index (κ3) is 3.32. The second kappa shape index (κ2) is 6.01. The van der Waals surface area contributed by atoms with E-state index >= 15 is 0 Å². The lowest BCUT2D eigenvalue weighted by molar-refractivity contribution is 0.816. The van der Waals surface area contributed by atoms with Crippen molar-refractivity contribution >= 4 is 33.9 Å². The van der Waals surface area contributed by atoms with Crippen LogP contribution < -0.4 is 0 Å². The molecule has 0 N–H and O–H groups in total. The van der Waals surface area contributed by atoms with Crippen molar-refractivity contribution in [3.8, 4) is 0 Å². The molecule has 0 radical (unpaired) electrons. The van der Waals surface area contributed by atoms with E-state index in [9.17, 15) is 0 Å². The molecule has 0 aliphatic rings. The molecule has 0 spiro atoms. The lowest BCUT2D eigenvalue weighted by Gasteiger charge is -2.03. The number of hydrogen-bond donors (Lipinski definition) is 0. The van der Waals surface area contributed by atoms with Gasteiger partial charge in [0.05, 0.1) is 2.88 Å². The zero-order valence-corrected chi connectivity index (χ0v) is 13.3. The molecule has 2 rings (SSSR count). The van der Waals surface area contributed by atoms with Crippen molar-refractivity contribution in [2.24, 2.45) is 0 Å². The molecule has 1 heterocycles. The molecule has 0 amide bonds. The van der Waals surface area contributed by atoms with Gasteiger partial charge in [0.1, 0.15) is 0 Å². The van der Waals surface area contributed by atoms with Crippen molar-refractivity contribution in [2.75, 3.05) is 0 Å². The van der Waals surface area contributed by atoms with E-state index in [0.29, 0.717) is 0 Å². The largest absolute Gasteiger partial charge is 0.134 e. The van der Waals surface area contributed by atoms with Crippen LogP contribution in [-0.4, -0.2) is 0 Å². The molecule has 1 aromatic heterocycles. The molecule has 0 bridgehead atoms. The van der Waals surface area contributed by atoms with Gasteiger partial charge in [-0.2, -0.15) is 0 Å². The van der Waals surface area contributed by atoms with Crippen LogP contribution in [0.3, 0.4) is 0 Å². The number of aryl methyl sites for hydroxylation is 2. The monoisotopic (exact) mass is 356 g/mol. The summed E-state index contributed by atoms with van der Waals surface area (Å²) in [6, 6.07) is 10.8. The molecule has 0 aliphatic carbocycles. The van der Waals surface area contributed by atoms with E-state index in [2.05, 4.69) is 66.8 Å². The first-order valence-corrected chi connectivity index (χ1v) is 7.86. The fraction of sp³-hybridized carbons (Fsp3) is 0.333. The van der Waals surface area contributed by atoms with Crippen LogP contribution in [0.5, 0.6) is 0 Å². The number of rotatable bonds is 4. The Morgan fingerprint density at radius 1 is 1.06 bits per heavy atom. The number of halogens is 1. The minimum atomic E-state index is 1.19. The van der Waals surface area contributed by atoms with Crippen molar-refractivity contribution in [1.82, 2.24) is 0 Å². The van der Waals surface area contributed by atoms with Gasteiger partial charge in [-0.25, -0.2) is 0 Å². The molecular formula is C15H17IS. The first-order chi connectivity index (χ1) is 8.18. The van der Waals surface area contributed by atoms with Gasteiger partial charge >= 0.3 is 0 Å². The Hall–Kier alpha value is -0.350. The molecule has 0 saturated heterocycles. The van der Waals surface area contributed by atoms with Crippen molar-refractivity contribution in [3.63, 3.8) is 0 Å².